The number of carbonyl (C=O) groups excluding carboxylic acids is 1. The van der Waals surface area contributed by atoms with Gasteiger partial charge in [0.05, 0.1) is 5.56 Å². The van der Waals surface area contributed by atoms with Crippen molar-refractivity contribution < 1.29 is 18.0 Å². The topological polar surface area (TPSA) is 73.3 Å². The first-order valence-electron chi connectivity index (χ1n) is 6.18. The number of carbonyl (C=O) groups is 1. The lowest BCUT2D eigenvalue weighted by molar-refractivity contribution is -0.137. The van der Waals surface area contributed by atoms with E-state index in [1.165, 1.54) is 29.0 Å². The van der Waals surface area contributed by atoms with E-state index >= 15 is 0 Å². The molecule has 0 fully saturated rings. The number of primary amides is 1. The van der Waals surface area contributed by atoms with Crippen LogP contribution in [0.25, 0.3) is 16.9 Å². The van der Waals surface area contributed by atoms with Gasteiger partial charge in [-0.15, -0.1) is 0 Å². The second kappa shape index (κ2) is 4.83. The van der Waals surface area contributed by atoms with Crippen molar-refractivity contribution in [3.8, 4) is 11.3 Å². The van der Waals surface area contributed by atoms with Gasteiger partial charge in [0.25, 0.3) is 5.91 Å². The maximum absolute atomic E-state index is 12.8. The first-order chi connectivity index (χ1) is 10.4. The van der Waals surface area contributed by atoms with Crippen LogP contribution in [0.4, 0.5) is 13.2 Å². The number of aromatic nitrogens is 3. The van der Waals surface area contributed by atoms with Gasteiger partial charge in [0, 0.05) is 18.0 Å². The normalized spacial score (nSPS) is 11.8. The summed E-state index contributed by atoms with van der Waals surface area (Å²) >= 11 is 0. The molecule has 0 saturated heterocycles. The quantitative estimate of drug-likeness (QED) is 0.790. The molecule has 2 heterocycles. The lowest BCUT2D eigenvalue weighted by atomic mass is 10.0. The van der Waals surface area contributed by atoms with Crippen LogP contribution in [0.3, 0.4) is 0 Å². The van der Waals surface area contributed by atoms with E-state index < -0.39 is 17.6 Å². The van der Waals surface area contributed by atoms with E-state index in [9.17, 15) is 18.0 Å². The van der Waals surface area contributed by atoms with E-state index in [4.69, 9.17) is 5.73 Å². The summed E-state index contributed by atoms with van der Waals surface area (Å²) in [7, 11) is 0. The number of benzene rings is 1. The summed E-state index contributed by atoms with van der Waals surface area (Å²) < 4.78 is 39.8. The van der Waals surface area contributed by atoms with Gasteiger partial charge in [-0.05, 0) is 18.2 Å². The molecule has 0 aliphatic carbocycles. The lowest BCUT2D eigenvalue weighted by Crippen LogP contribution is -2.12. The molecule has 5 nitrogen and oxygen atoms in total. The third kappa shape index (κ3) is 2.28. The van der Waals surface area contributed by atoms with Crippen molar-refractivity contribution in [3.05, 3.63) is 53.9 Å². The zero-order chi connectivity index (χ0) is 15.9. The van der Waals surface area contributed by atoms with Gasteiger partial charge >= 0.3 is 6.18 Å². The maximum atomic E-state index is 12.8. The largest absolute Gasteiger partial charge is 0.416 e. The summed E-state index contributed by atoms with van der Waals surface area (Å²) in [5.74, 6) is -0.805. The second-order valence-corrected chi connectivity index (χ2v) is 4.55. The molecule has 0 bridgehead atoms. The highest BCUT2D eigenvalue weighted by Crippen LogP contribution is 2.33. The molecule has 2 N–H and O–H groups in total. The van der Waals surface area contributed by atoms with Gasteiger partial charge in [0.15, 0.2) is 5.65 Å². The molecule has 0 saturated carbocycles. The van der Waals surface area contributed by atoms with Crippen LogP contribution >= 0.6 is 0 Å². The summed E-state index contributed by atoms with van der Waals surface area (Å²) in [6.07, 6.45) is -1.51. The Kier molecular flexibility index (Phi) is 3.09. The minimum absolute atomic E-state index is 0.0140. The van der Waals surface area contributed by atoms with E-state index in [-0.39, 0.29) is 22.5 Å². The predicted octanol–water partition coefficient (Wildman–Crippen LogP) is 2.51. The Balaban J connectivity index is 2.26. The van der Waals surface area contributed by atoms with E-state index in [0.717, 1.165) is 12.1 Å². The minimum atomic E-state index is -4.49. The van der Waals surface area contributed by atoms with Crippen molar-refractivity contribution in [2.45, 2.75) is 6.18 Å². The van der Waals surface area contributed by atoms with E-state index in [0.29, 0.717) is 0 Å². The molecule has 3 aromatic rings. The van der Waals surface area contributed by atoms with Crippen LogP contribution in [0.5, 0.6) is 0 Å². The summed E-state index contributed by atoms with van der Waals surface area (Å²) in [5, 5.41) is 4.11. The summed E-state index contributed by atoms with van der Waals surface area (Å²) in [5.41, 5.74) is 4.90. The molecular weight excluding hydrogens is 297 g/mol. The first-order valence-corrected chi connectivity index (χ1v) is 6.18. The molecule has 2 aromatic heterocycles. The van der Waals surface area contributed by atoms with Crippen LogP contribution in [-0.2, 0) is 6.18 Å². The summed E-state index contributed by atoms with van der Waals surface area (Å²) in [6.45, 7) is 0. The molecule has 0 spiro atoms. The summed E-state index contributed by atoms with van der Waals surface area (Å²) in [6, 6.07) is 6.14. The van der Waals surface area contributed by atoms with Crippen molar-refractivity contribution in [2.24, 2.45) is 5.73 Å². The number of alkyl halides is 3. The Hall–Kier alpha value is -2.90. The van der Waals surface area contributed by atoms with Crippen molar-refractivity contribution in [2.75, 3.05) is 0 Å². The van der Waals surface area contributed by atoms with Crippen LogP contribution in [0.15, 0.2) is 42.7 Å². The van der Waals surface area contributed by atoms with Gasteiger partial charge < -0.3 is 5.73 Å². The van der Waals surface area contributed by atoms with E-state index in [1.54, 1.807) is 6.07 Å². The van der Waals surface area contributed by atoms with Gasteiger partial charge in [-0.25, -0.2) is 9.50 Å². The van der Waals surface area contributed by atoms with Gasteiger partial charge in [-0.2, -0.15) is 18.3 Å². The third-order valence-corrected chi connectivity index (χ3v) is 3.11. The molecule has 3 rings (SSSR count). The fourth-order valence-corrected chi connectivity index (χ4v) is 2.16. The third-order valence-electron chi connectivity index (χ3n) is 3.11. The Morgan fingerprint density at radius 1 is 1.23 bits per heavy atom. The number of rotatable bonds is 2. The minimum Gasteiger partial charge on any atom is -0.365 e. The number of hydrogen-bond acceptors (Lipinski definition) is 3. The van der Waals surface area contributed by atoms with Crippen LogP contribution in [0.2, 0.25) is 0 Å². The Morgan fingerprint density at radius 3 is 2.68 bits per heavy atom. The molecule has 0 aliphatic rings. The smallest absolute Gasteiger partial charge is 0.365 e. The Labute approximate surface area is 122 Å². The maximum Gasteiger partial charge on any atom is 0.416 e. The average Bonchev–Trinajstić information content (AvgIpc) is 2.86. The Morgan fingerprint density at radius 2 is 2.00 bits per heavy atom. The number of amides is 1. The molecule has 0 unspecified atom stereocenters. The fourth-order valence-electron chi connectivity index (χ4n) is 2.16. The monoisotopic (exact) mass is 306 g/mol. The number of fused-ring (bicyclic) bond motifs is 1. The lowest BCUT2D eigenvalue weighted by Gasteiger charge is -2.07. The zero-order valence-electron chi connectivity index (χ0n) is 11.0. The van der Waals surface area contributed by atoms with Crippen molar-refractivity contribution >= 4 is 11.6 Å². The highest BCUT2D eigenvalue weighted by molar-refractivity contribution is 6.04. The van der Waals surface area contributed by atoms with E-state index in [2.05, 4.69) is 10.1 Å². The number of halogens is 3. The van der Waals surface area contributed by atoms with Crippen LogP contribution in [0.1, 0.15) is 15.9 Å². The van der Waals surface area contributed by atoms with Gasteiger partial charge in [-0.1, -0.05) is 12.1 Å². The van der Waals surface area contributed by atoms with Crippen LogP contribution in [-0.4, -0.2) is 20.5 Å². The van der Waals surface area contributed by atoms with Gasteiger partial charge in [0.1, 0.15) is 11.3 Å². The molecule has 0 aliphatic heterocycles. The molecule has 8 heteroatoms. The SMILES string of the molecule is NC(=O)c1c(-c2cccc(C(F)(F)F)c2)nn2cccnc12. The standard InChI is InChI=1S/C14H9F3N4O/c15-14(16,17)9-4-1-3-8(7-9)11-10(12(18)22)13-19-5-2-6-21(13)20-11/h1-7H,(H2,18,22). The highest BCUT2D eigenvalue weighted by atomic mass is 19.4. The van der Waals surface area contributed by atoms with Crippen molar-refractivity contribution in [1.29, 1.82) is 0 Å². The predicted molar refractivity (Wildman–Crippen MR) is 71.9 cm³/mol. The molecule has 1 amide bonds. The first kappa shape index (κ1) is 14.1. The van der Waals surface area contributed by atoms with Crippen molar-refractivity contribution in [1.82, 2.24) is 14.6 Å². The van der Waals surface area contributed by atoms with Gasteiger partial charge in [-0.3, -0.25) is 4.79 Å². The second-order valence-electron chi connectivity index (χ2n) is 4.55. The number of hydrogen-bond donors (Lipinski definition) is 1. The molecule has 1 aromatic carbocycles. The zero-order valence-corrected chi connectivity index (χ0v) is 11.0. The molecule has 0 radical (unpaired) electrons. The van der Waals surface area contributed by atoms with Crippen molar-refractivity contribution in [3.63, 3.8) is 0 Å². The Bertz CT molecular complexity index is 870. The van der Waals surface area contributed by atoms with Gasteiger partial charge in [0.2, 0.25) is 0 Å². The van der Waals surface area contributed by atoms with Crippen LogP contribution in [0, 0.1) is 0 Å². The average molecular weight is 306 g/mol. The van der Waals surface area contributed by atoms with E-state index in [1.807, 2.05) is 0 Å². The highest BCUT2D eigenvalue weighted by Gasteiger charge is 2.31. The summed E-state index contributed by atoms with van der Waals surface area (Å²) in [4.78, 5) is 15.7. The number of nitrogens with zero attached hydrogens (tertiary/aromatic N) is 3. The molecule has 22 heavy (non-hydrogen) atoms. The fraction of sp³-hybridized carbons (Fsp3) is 0.0714. The van der Waals surface area contributed by atoms with Crippen LogP contribution < -0.4 is 5.73 Å². The molecule has 0 atom stereocenters. The molecular formula is C14H9F3N4O. The molecule has 112 valence electrons. The number of nitrogens with two attached hydrogens (primary N) is 1.